The van der Waals surface area contributed by atoms with E-state index in [1.165, 1.54) is 11.8 Å². The van der Waals surface area contributed by atoms with Gasteiger partial charge in [-0.2, -0.15) is 0 Å². The number of hydrogen-bond donors (Lipinski definition) is 2. The number of aryl methyl sites for hydroxylation is 1. The third kappa shape index (κ3) is 4.95. The third-order valence-corrected chi connectivity index (χ3v) is 4.16. The second kappa shape index (κ2) is 7.19. The molecule has 1 aromatic carbocycles. The molecule has 1 rings (SSSR count). The number of amides is 1. The number of benzene rings is 1. The van der Waals surface area contributed by atoms with Gasteiger partial charge in [0.2, 0.25) is 5.91 Å². The van der Waals surface area contributed by atoms with Crippen molar-refractivity contribution in [2.45, 2.75) is 31.7 Å². The summed E-state index contributed by atoms with van der Waals surface area (Å²) < 4.78 is 0. The van der Waals surface area contributed by atoms with E-state index in [0.29, 0.717) is 5.75 Å². The first-order valence-electron chi connectivity index (χ1n) is 6.12. The smallest absolute Gasteiger partial charge is 0.308 e. The van der Waals surface area contributed by atoms with Gasteiger partial charge in [-0.05, 0) is 32.4 Å². The molecule has 0 bridgehead atoms. The highest BCUT2D eigenvalue weighted by molar-refractivity contribution is 8.00. The molecule has 2 N–H and O–H groups in total. The van der Waals surface area contributed by atoms with Crippen molar-refractivity contribution in [3.05, 3.63) is 29.8 Å². The third-order valence-electron chi connectivity index (χ3n) is 2.98. The Kier molecular flexibility index (Phi) is 5.89. The maximum absolute atomic E-state index is 11.7. The van der Waals surface area contributed by atoms with Gasteiger partial charge in [-0.25, -0.2) is 0 Å². The average molecular weight is 281 g/mol. The van der Waals surface area contributed by atoms with E-state index in [2.05, 4.69) is 5.32 Å². The van der Waals surface area contributed by atoms with Gasteiger partial charge >= 0.3 is 5.97 Å². The fourth-order valence-electron chi connectivity index (χ4n) is 1.50. The lowest BCUT2D eigenvalue weighted by atomic mass is 10.0. The number of carbonyl (C=O) groups excluding carboxylic acids is 1. The van der Waals surface area contributed by atoms with Crippen LogP contribution in [0.25, 0.3) is 0 Å². The lowest BCUT2D eigenvalue weighted by molar-refractivity contribution is -0.142. The van der Waals surface area contributed by atoms with Crippen LogP contribution >= 0.6 is 11.8 Å². The van der Waals surface area contributed by atoms with E-state index in [1.54, 1.807) is 13.8 Å². The molecular weight excluding hydrogens is 262 g/mol. The molecular formula is C14H19NO3S. The molecule has 0 heterocycles. The van der Waals surface area contributed by atoms with Crippen LogP contribution in [0.1, 0.15) is 19.4 Å². The minimum atomic E-state index is -0.903. The zero-order chi connectivity index (χ0) is 14.4. The summed E-state index contributed by atoms with van der Waals surface area (Å²) in [7, 11) is 0. The molecule has 0 spiro atoms. The molecule has 0 fully saturated rings. The molecule has 1 aromatic rings. The summed E-state index contributed by atoms with van der Waals surface area (Å²) >= 11 is 1.46. The van der Waals surface area contributed by atoms with Gasteiger partial charge in [0.1, 0.15) is 0 Å². The number of hydrogen-bond acceptors (Lipinski definition) is 3. The summed E-state index contributed by atoms with van der Waals surface area (Å²) in [6.07, 6.45) is 0. The highest BCUT2D eigenvalue weighted by Crippen LogP contribution is 2.21. The van der Waals surface area contributed by atoms with E-state index in [9.17, 15) is 9.59 Å². The van der Waals surface area contributed by atoms with E-state index in [1.807, 2.05) is 31.2 Å². The van der Waals surface area contributed by atoms with Crippen molar-refractivity contribution in [1.82, 2.24) is 5.32 Å². The summed E-state index contributed by atoms with van der Waals surface area (Å²) in [5.74, 6) is -1.35. The van der Waals surface area contributed by atoms with E-state index < -0.39 is 11.9 Å². The van der Waals surface area contributed by atoms with Crippen LogP contribution in [0.15, 0.2) is 29.2 Å². The lowest BCUT2D eigenvalue weighted by Crippen LogP contribution is -2.40. The molecule has 0 saturated heterocycles. The van der Waals surface area contributed by atoms with Gasteiger partial charge in [0.05, 0.1) is 11.7 Å². The Morgan fingerprint density at radius 3 is 2.53 bits per heavy atom. The van der Waals surface area contributed by atoms with Gasteiger partial charge < -0.3 is 10.4 Å². The molecule has 2 atom stereocenters. The Hall–Kier alpha value is -1.49. The van der Waals surface area contributed by atoms with E-state index >= 15 is 0 Å². The monoisotopic (exact) mass is 281 g/mol. The summed E-state index contributed by atoms with van der Waals surface area (Å²) in [5.41, 5.74) is 1.13. The van der Waals surface area contributed by atoms with Crippen molar-refractivity contribution in [3.8, 4) is 0 Å². The van der Waals surface area contributed by atoms with Crippen molar-refractivity contribution in [2.75, 3.05) is 5.75 Å². The predicted molar refractivity (Wildman–Crippen MR) is 76.3 cm³/mol. The SMILES string of the molecule is Cc1ccccc1SCC(=O)NC(C)C(C)C(=O)O. The van der Waals surface area contributed by atoms with Crippen LogP contribution in [0.5, 0.6) is 0 Å². The summed E-state index contributed by atoms with van der Waals surface area (Å²) in [6, 6.07) is 7.48. The first-order valence-corrected chi connectivity index (χ1v) is 7.11. The second-order valence-corrected chi connectivity index (χ2v) is 5.55. The Balaban J connectivity index is 2.44. The van der Waals surface area contributed by atoms with Gasteiger partial charge in [0, 0.05) is 10.9 Å². The van der Waals surface area contributed by atoms with Crippen LogP contribution in [0.4, 0.5) is 0 Å². The van der Waals surface area contributed by atoms with Gasteiger partial charge in [-0.1, -0.05) is 18.2 Å². The summed E-state index contributed by atoms with van der Waals surface area (Å²) in [4.78, 5) is 23.6. The van der Waals surface area contributed by atoms with Crippen molar-refractivity contribution >= 4 is 23.6 Å². The fourth-order valence-corrected chi connectivity index (χ4v) is 2.34. The standard InChI is InChI=1S/C14H19NO3S/c1-9-6-4-5-7-12(9)19-8-13(16)15-11(3)10(2)14(17)18/h4-7,10-11H,8H2,1-3H3,(H,15,16)(H,17,18). The van der Waals surface area contributed by atoms with Crippen molar-refractivity contribution in [3.63, 3.8) is 0 Å². The maximum Gasteiger partial charge on any atom is 0.308 e. The number of carboxylic acid groups (broad SMARTS) is 1. The van der Waals surface area contributed by atoms with Crippen LogP contribution in [0.2, 0.25) is 0 Å². The van der Waals surface area contributed by atoms with E-state index in [0.717, 1.165) is 10.5 Å². The summed E-state index contributed by atoms with van der Waals surface area (Å²) in [5, 5.41) is 11.6. The summed E-state index contributed by atoms with van der Waals surface area (Å²) in [6.45, 7) is 5.28. The fraction of sp³-hybridized carbons (Fsp3) is 0.429. The van der Waals surface area contributed by atoms with Gasteiger partial charge in [0.25, 0.3) is 0 Å². The molecule has 2 unspecified atom stereocenters. The van der Waals surface area contributed by atoms with Crippen molar-refractivity contribution < 1.29 is 14.7 Å². The Morgan fingerprint density at radius 2 is 1.95 bits per heavy atom. The zero-order valence-corrected chi connectivity index (χ0v) is 12.2. The normalized spacial score (nSPS) is 13.6. The molecule has 1 amide bonds. The van der Waals surface area contributed by atoms with Crippen LogP contribution in [0.3, 0.4) is 0 Å². The van der Waals surface area contributed by atoms with Gasteiger partial charge in [-0.3, -0.25) is 9.59 Å². The van der Waals surface area contributed by atoms with Gasteiger partial charge in [0.15, 0.2) is 0 Å². The molecule has 0 aliphatic rings. The highest BCUT2D eigenvalue weighted by Gasteiger charge is 2.20. The molecule has 4 nitrogen and oxygen atoms in total. The number of carboxylic acids is 1. The number of rotatable bonds is 6. The molecule has 104 valence electrons. The quantitative estimate of drug-likeness (QED) is 0.785. The number of thioether (sulfide) groups is 1. The Labute approximate surface area is 117 Å². The van der Waals surface area contributed by atoms with Crippen molar-refractivity contribution in [2.24, 2.45) is 5.92 Å². The number of carbonyl (C=O) groups is 2. The maximum atomic E-state index is 11.7. The first kappa shape index (κ1) is 15.6. The first-order chi connectivity index (χ1) is 8.91. The van der Waals surface area contributed by atoms with Crippen LogP contribution in [0, 0.1) is 12.8 Å². The minimum Gasteiger partial charge on any atom is -0.481 e. The lowest BCUT2D eigenvalue weighted by Gasteiger charge is -2.17. The minimum absolute atomic E-state index is 0.145. The highest BCUT2D eigenvalue weighted by atomic mass is 32.2. The van der Waals surface area contributed by atoms with Crippen LogP contribution < -0.4 is 5.32 Å². The molecule has 0 saturated carbocycles. The largest absolute Gasteiger partial charge is 0.481 e. The Bertz CT molecular complexity index is 462. The van der Waals surface area contributed by atoms with Crippen LogP contribution in [-0.4, -0.2) is 28.8 Å². The second-order valence-electron chi connectivity index (χ2n) is 4.54. The van der Waals surface area contributed by atoms with E-state index in [4.69, 9.17) is 5.11 Å². The molecule has 0 aliphatic heterocycles. The van der Waals surface area contributed by atoms with E-state index in [-0.39, 0.29) is 11.9 Å². The molecule has 0 aromatic heterocycles. The molecule has 0 aliphatic carbocycles. The predicted octanol–water partition coefficient (Wildman–Crippen LogP) is 2.31. The van der Waals surface area contributed by atoms with Crippen molar-refractivity contribution in [1.29, 1.82) is 0 Å². The molecule has 0 radical (unpaired) electrons. The topological polar surface area (TPSA) is 66.4 Å². The van der Waals surface area contributed by atoms with Gasteiger partial charge in [-0.15, -0.1) is 11.8 Å². The average Bonchev–Trinajstić information content (AvgIpc) is 2.36. The Morgan fingerprint density at radius 1 is 1.32 bits per heavy atom. The van der Waals surface area contributed by atoms with Crippen LogP contribution in [-0.2, 0) is 9.59 Å². The zero-order valence-electron chi connectivity index (χ0n) is 11.3. The number of nitrogens with one attached hydrogen (secondary N) is 1. The molecule has 5 heteroatoms. The molecule has 19 heavy (non-hydrogen) atoms. The number of aliphatic carboxylic acids is 1.